The third-order valence-electron chi connectivity index (χ3n) is 3.08. The second-order valence-electron chi connectivity index (χ2n) is 4.31. The van der Waals surface area contributed by atoms with Crippen molar-refractivity contribution in [2.24, 2.45) is 15.8 Å². The number of aliphatic hydroxyl groups excluding tert-OH is 3. The fraction of sp³-hybridized carbons (Fsp3) is 0.500. The molecule has 0 saturated carbocycles. The van der Waals surface area contributed by atoms with E-state index >= 15 is 0 Å². The minimum absolute atomic E-state index is 0.177. The van der Waals surface area contributed by atoms with Crippen LogP contribution in [-0.2, 0) is 4.74 Å². The van der Waals surface area contributed by atoms with E-state index < -0.39 is 30.8 Å². The topological polar surface area (TPSA) is 160 Å². The van der Waals surface area contributed by atoms with Gasteiger partial charge in [0.05, 0.1) is 6.61 Å². The lowest BCUT2D eigenvalue weighted by molar-refractivity contribution is -0.130. The van der Waals surface area contributed by atoms with Gasteiger partial charge in [0.2, 0.25) is 5.72 Å². The molecule has 0 aromatic carbocycles. The van der Waals surface area contributed by atoms with Gasteiger partial charge in [-0.25, -0.2) is 4.99 Å². The Morgan fingerprint density at radius 2 is 2.35 bits per heavy atom. The van der Waals surface area contributed by atoms with Gasteiger partial charge in [0.25, 0.3) is 0 Å². The molecule has 2 aliphatic heterocycles. The molecule has 0 amide bonds. The summed E-state index contributed by atoms with van der Waals surface area (Å²) >= 11 is 0. The molecule has 1 unspecified atom stereocenters. The highest BCUT2D eigenvalue weighted by Crippen LogP contribution is 2.36. The van der Waals surface area contributed by atoms with E-state index in [2.05, 4.69) is 21.6 Å². The normalized spacial score (nSPS) is 36.8. The lowest BCUT2D eigenvalue weighted by Crippen LogP contribution is -2.44. The summed E-state index contributed by atoms with van der Waals surface area (Å²) < 4.78 is 5.34. The molecule has 5 N–H and O–H groups in total. The maximum atomic E-state index is 10.0. The minimum atomic E-state index is -1.96. The zero-order chi connectivity index (χ0) is 14.9. The van der Waals surface area contributed by atoms with Gasteiger partial charge in [-0.05, 0) is 11.6 Å². The molecule has 20 heavy (non-hydrogen) atoms. The molecule has 0 aliphatic carbocycles. The van der Waals surface area contributed by atoms with Crippen molar-refractivity contribution in [2.45, 2.75) is 24.2 Å². The summed E-state index contributed by atoms with van der Waals surface area (Å²) in [6.45, 7) is 2.85. The summed E-state index contributed by atoms with van der Waals surface area (Å²) in [4.78, 5) is 7.72. The van der Waals surface area contributed by atoms with E-state index in [0.29, 0.717) is 0 Å². The minimum Gasteiger partial charge on any atom is -0.393 e. The molecule has 0 spiro atoms. The van der Waals surface area contributed by atoms with Crippen LogP contribution >= 0.6 is 0 Å². The van der Waals surface area contributed by atoms with Crippen molar-refractivity contribution in [3.8, 4) is 0 Å². The Morgan fingerprint density at radius 1 is 1.65 bits per heavy atom. The zero-order valence-corrected chi connectivity index (χ0v) is 10.4. The first-order valence-corrected chi connectivity index (χ1v) is 5.66. The van der Waals surface area contributed by atoms with Crippen molar-refractivity contribution in [3.05, 3.63) is 35.1 Å². The standard InChI is InChI=1S/C10H14N6O4/c1-5-13-6(11)2-3-16(5)9-7(18)8(19)10(4-17,20-9)14-15-12/h2-3,7-9,17-19H,1,4H2,(H2,11,13)/t7-,8?,9+,10+/m0/s1. The van der Waals surface area contributed by atoms with Crippen LogP contribution in [0.2, 0.25) is 0 Å². The van der Waals surface area contributed by atoms with Gasteiger partial charge in [0, 0.05) is 11.1 Å². The molecule has 10 heteroatoms. The third kappa shape index (κ3) is 2.11. The number of azide groups is 1. The largest absolute Gasteiger partial charge is 0.393 e. The first-order valence-electron chi connectivity index (χ1n) is 5.66. The van der Waals surface area contributed by atoms with Crippen LogP contribution in [0.25, 0.3) is 10.4 Å². The predicted molar refractivity (Wildman–Crippen MR) is 67.6 cm³/mol. The number of aliphatic hydroxyl groups is 3. The molecule has 0 aromatic rings. The lowest BCUT2D eigenvalue weighted by atomic mass is 10.1. The van der Waals surface area contributed by atoms with Crippen molar-refractivity contribution in [1.29, 1.82) is 0 Å². The average Bonchev–Trinajstić information content (AvgIpc) is 2.65. The second kappa shape index (κ2) is 5.12. The van der Waals surface area contributed by atoms with Crippen LogP contribution in [0, 0.1) is 0 Å². The first-order chi connectivity index (χ1) is 9.45. The van der Waals surface area contributed by atoms with E-state index in [1.165, 1.54) is 17.2 Å². The van der Waals surface area contributed by atoms with Crippen molar-refractivity contribution >= 4 is 5.84 Å². The van der Waals surface area contributed by atoms with Gasteiger partial charge in [0.15, 0.2) is 6.23 Å². The van der Waals surface area contributed by atoms with Gasteiger partial charge in [0.1, 0.15) is 23.9 Å². The second-order valence-corrected chi connectivity index (χ2v) is 4.31. The van der Waals surface area contributed by atoms with Crippen LogP contribution in [0.4, 0.5) is 0 Å². The van der Waals surface area contributed by atoms with E-state index in [0.717, 1.165) is 0 Å². The molecule has 0 radical (unpaired) electrons. The number of nitrogens with two attached hydrogens (primary N) is 1. The van der Waals surface area contributed by atoms with Crippen LogP contribution in [0.15, 0.2) is 34.8 Å². The number of aliphatic imine (C=N–C) groups is 1. The summed E-state index contributed by atoms with van der Waals surface area (Å²) in [7, 11) is 0. The Morgan fingerprint density at radius 3 is 2.90 bits per heavy atom. The lowest BCUT2D eigenvalue weighted by Gasteiger charge is -2.31. The Hall–Kier alpha value is -2.10. The summed E-state index contributed by atoms with van der Waals surface area (Å²) in [5, 5.41) is 32.5. The molecule has 2 aliphatic rings. The molecule has 2 heterocycles. The predicted octanol–water partition coefficient (Wildman–Crippen LogP) is -1.28. The van der Waals surface area contributed by atoms with Crippen molar-refractivity contribution < 1.29 is 20.1 Å². The van der Waals surface area contributed by atoms with Gasteiger partial charge in [-0.1, -0.05) is 11.7 Å². The van der Waals surface area contributed by atoms with Gasteiger partial charge in [-0.15, -0.1) is 0 Å². The van der Waals surface area contributed by atoms with Crippen LogP contribution in [0.3, 0.4) is 0 Å². The number of nitrogens with zero attached hydrogens (tertiary/aromatic N) is 5. The molecule has 2 rings (SSSR count). The van der Waals surface area contributed by atoms with Crippen LogP contribution in [0.1, 0.15) is 0 Å². The summed E-state index contributed by atoms with van der Waals surface area (Å²) in [6, 6.07) is 0. The summed E-state index contributed by atoms with van der Waals surface area (Å²) in [5.74, 6) is 0.402. The number of rotatable bonds is 3. The van der Waals surface area contributed by atoms with Crippen molar-refractivity contribution in [3.63, 3.8) is 0 Å². The van der Waals surface area contributed by atoms with Gasteiger partial charge in [-0.2, -0.15) is 0 Å². The molecule has 0 aromatic heterocycles. The first kappa shape index (κ1) is 14.3. The fourth-order valence-corrected chi connectivity index (χ4v) is 2.03. The van der Waals surface area contributed by atoms with Gasteiger partial charge < -0.3 is 30.7 Å². The molecule has 0 bridgehead atoms. The fourth-order valence-electron chi connectivity index (χ4n) is 2.03. The molecule has 4 atom stereocenters. The van der Waals surface area contributed by atoms with E-state index in [9.17, 15) is 15.3 Å². The van der Waals surface area contributed by atoms with Crippen molar-refractivity contribution in [2.75, 3.05) is 6.61 Å². The molecule has 10 nitrogen and oxygen atoms in total. The van der Waals surface area contributed by atoms with E-state index in [1.807, 2.05) is 0 Å². The molecular formula is C10H14N6O4. The Bertz CT molecular complexity index is 528. The molecule has 1 fully saturated rings. The highest BCUT2D eigenvalue weighted by Gasteiger charge is 2.55. The maximum absolute atomic E-state index is 10.0. The third-order valence-corrected chi connectivity index (χ3v) is 3.08. The van der Waals surface area contributed by atoms with E-state index in [4.69, 9.17) is 16.0 Å². The van der Waals surface area contributed by atoms with Gasteiger partial charge in [-0.3, -0.25) is 0 Å². The maximum Gasteiger partial charge on any atom is 0.200 e. The average molecular weight is 282 g/mol. The number of hydrogen-bond acceptors (Lipinski definition) is 8. The highest BCUT2D eigenvalue weighted by atomic mass is 16.6. The van der Waals surface area contributed by atoms with Gasteiger partial charge >= 0.3 is 0 Å². The van der Waals surface area contributed by atoms with E-state index in [-0.39, 0.29) is 11.7 Å². The monoisotopic (exact) mass is 282 g/mol. The number of hydrogen-bond donors (Lipinski definition) is 4. The quantitative estimate of drug-likeness (QED) is 0.286. The number of ether oxygens (including phenoxy) is 1. The molecular weight excluding hydrogens is 268 g/mol. The van der Waals surface area contributed by atoms with Crippen LogP contribution < -0.4 is 5.73 Å². The number of amidine groups is 1. The summed E-state index contributed by atoms with van der Waals surface area (Å²) in [6.07, 6.45) is -1.26. The van der Waals surface area contributed by atoms with Crippen LogP contribution in [-0.4, -0.2) is 56.8 Å². The highest BCUT2D eigenvalue weighted by molar-refractivity contribution is 5.92. The zero-order valence-electron chi connectivity index (χ0n) is 10.4. The molecule has 108 valence electrons. The molecule has 1 saturated heterocycles. The smallest absolute Gasteiger partial charge is 0.200 e. The van der Waals surface area contributed by atoms with E-state index in [1.54, 1.807) is 0 Å². The SMILES string of the molecule is C=C1N=C(N)C=CN1[C@@H]1O[C@@](CO)(N=[N+]=[N-])C(O)[C@@H]1O. The summed E-state index contributed by atoms with van der Waals surface area (Å²) in [5.41, 5.74) is 12.0. The van der Waals surface area contributed by atoms with Crippen molar-refractivity contribution in [1.82, 2.24) is 4.90 Å². The Kier molecular flexibility index (Phi) is 3.66. The Balaban J connectivity index is 2.30. The van der Waals surface area contributed by atoms with Crippen LogP contribution in [0.5, 0.6) is 0 Å². The Labute approximate surface area is 113 Å².